The van der Waals surface area contributed by atoms with Crippen molar-refractivity contribution in [2.45, 2.75) is 38.6 Å². The molecule has 0 saturated heterocycles. The molecular formula is C12H20N4O3. The number of carboxylic acids is 1. The maximum absolute atomic E-state index is 11.6. The Hall–Kier alpha value is -2.05. The third kappa shape index (κ3) is 5.89. The van der Waals surface area contributed by atoms with Crippen LogP contribution >= 0.6 is 0 Å². The average molecular weight is 268 g/mol. The Morgan fingerprint density at radius 3 is 2.84 bits per heavy atom. The monoisotopic (exact) mass is 268 g/mol. The number of urea groups is 1. The predicted molar refractivity (Wildman–Crippen MR) is 69.6 cm³/mol. The van der Waals surface area contributed by atoms with Gasteiger partial charge in [0, 0.05) is 25.4 Å². The van der Waals surface area contributed by atoms with Crippen molar-refractivity contribution in [1.29, 1.82) is 0 Å². The van der Waals surface area contributed by atoms with Crippen molar-refractivity contribution in [2.24, 2.45) is 0 Å². The van der Waals surface area contributed by atoms with Gasteiger partial charge in [-0.25, -0.2) is 9.78 Å². The van der Waals surface area contributed by atoms with Crippen LogP contribution in [0.25, 0.3) is 0 Å². The van der Waals surface area contributed by atoms with E-state index in [1.807, 2.05) is 6.92 Å². The molecule has 0 bridgehead atoms. The molecule has 0 saturated carbocycles. The number of imidazole rings is 1. The number of aliphatic carboxylic acids is 1. The number of carbonyl (C=O) groups excluding carboxylic acids is 1. The lowest BCUT2D eigenvalue weighted by molar-refractivity contribution is -0.137. The van der Waals surface area contributed by atoms with E-state index in [1.54, 1.807) is 12.4 Å². The number of hydrogen-bond donors (Lipinski definition) is 4. The van der Waals surface area contributed by atoms with Crippen LogP contribution < -0.4 is 10.6 Å². The summed E-state index contributed by atoms with van der Waals surface area (Å²) in [6, 6.07) is -0.410. The van der Waals surface area contributed by atoms with Crippen LogP contribution in [0.1, 0.15) is 44.5 Å². The molecule has 0 fully saturated rings. The van der Waals surface area contributed by atoms with Gasteiger partial charge in [-0.3, -0.25) is 4.79 Å². The van der Waals surface area contributed by atoms with E-state index in [0.29, 0.717) is 19.4 Å². The zero-order valence-electron chi connectivity index (χ0n) is 11.0. The fraction of sp³-hybridized carbons (Fsp3) is 0.583. The summed E-state index contributed by atoms with van der Waals surface area (Å²) < 4.78 is 0. The number of aromatic amines is 1. The number of rotatable bonds is 8. The van der Waals surface area contributed by atoms with Crippen LogP contribution in [0.15, 0.2) is 12.4 Å². The largest absolute Gasteiger partial charge is 0.481 e. The van der Waals surface area contributed by atoms with E-state index in [-0.39, 0.29) is 18.5 Å². The number of nitrogens with zero attached hydrogens (tertiary/aromatic N) is 1. The first-order chi connectivity index (χ1) is 9.13. The number of nitrogens with one attached hydrogen (secondary N) is 3. The number of H-pyrrole nitrogens is 1. The number of aromatic nitrogens is 2. The third-order valence-corrected chi connectivity index (χ3v) is 2.67. The van der Waals surface area contributed by atoms with E-state index in [2.05, 4.69) is 20.6 Å². The van der Waals surface area contributed by atoms with E-state index in [9.17, 15) is 9.59 Å². The summed E-state index contributed by atoms with van der Waals surface area (Å²) in [5, 5.41) is 14.0. The van der Waals surface area contributed by atoms with E-state index in [4.69, 9.17) is 5.11 Å². The predicted octanol–water partition coefficient (Wildman–Crippen LogP) is 1.41. The van der Waals surface area contributed by atoms with Gasteiger partial charge in [-0.1, -0.05) is 6.92 Å². The van der Waals surface area contributed by atoms with Crippen molar-refractivity contribution in [1.82, 2.24) is 20.6 Å². The molecule has 0 aliphatic rings. The molecule has 106 valence electrons. The van der Waals surface area contributed by atoms with Crippen LogP contribution in [0.3, 0.4) is 0 Å². The standard InChI is InChI=1S/C12H20N4O3/c1-2-9(11-13-7-8-14-11)16-12(19)15-6-4-3-5-10(17)18/h7-9H,2-6H2,1H3,(H,13,14)(H,17,18)(H2,15,16,19). The molecule has 7 heteroatoms. The normalized spacial score (nSPS) is 11.8. The number of hydrogen-bond acceptors (Lipinski definition) is 3. The minimum absolute atomic E-state index is 0.132. The first-order valence-electron chi connectivity index (χ1n) is 6.39. The van der Waals surface area contributed by atoms with Gasteiger partial charge in [-0.05, 0) is 19.3 Å². The third-order valence-electron chi connectivity index (χ3n) is 2.67. The van der Waals surface area contributed by atoms with Crippen molar-refractivity contribution in [2.75, 3.05) is 6.54 Å². The second kappa shape index (κ2) is 8.12. The zero-order chi connectivity index (χ0) is 14.1. The van der Waals surface area contributed by atoms with Crippen molar-refractivity contribution < 1.29 is 14.7 Å². The lowest BCUT2D eigenvalue weighted by Crippen LogP contribution is -2.38. The SMILES string of the molecule is CCC(NC(=O)NCCCCC(=O)O)c1ncc[nH]1. The number of amides is 2. The topological polar surface area (TPSA) is 107 Å². The second-order valence-corrected chi connectivity index (χ2v) is 4.19. The second-order valence-electron chi connectivity index (χ2n) is 4.19. The summed E-state index contributed by atoms with van der Waals surface area (Å²) in [6.07, 6.45) is 5.43. The van der Waals surface area contributed by atoms with E-state index >= 15 is 0 Å². The summed E-state index contributed by atoms with van der Waals surface area (Å²) in [6.45, 7) is 2.42. The minimum Gasteiger partial charge on any atom is -0.481 e. The quantitative estimate of drug-likeness (QED) is 0.535. The summed E-state index contributed by atoms with van der Waals surface area (Å²) in [5.74, 6) is -0.0863. The van der Waals surface area contributed by atoms with Gasteiger partial charge in [0.05, 0.1) is 6.04 Å². The lowest BCUT2D eigenvalue weighted by Gasteiger charge is -2.15. The van der Waals surface area contributed by atoms with E-state index in [1.165, 1.54) is 0 Å². The Morgan fingerprint density at radius 2 is 2.26 bits per heavy atom. The highest BCUT2D eigenvalue weighted by molar-refractivity contribution is 5.74. The number of unbranched alkanes of at least 4 members (excludes halogenated alkanes) is 1. The molecular weight excluding hydrogens is 248 g/mol. The Morgan fingerprint density at radius 1 is 1.47 bits per heavy atom. The molecule has 1 atom stereocenters. The highest BCUT2D eigenvalue weighted by Crippen LogP contribution is 2.10. The molecule has 7 nitrogen and oxygen atoms in total. The van der Waals surface area contributed by atoms with Gasteiger partial charge in [-0.15, -0.1) is 0 Å². The molecule has 0 aromatic carbocycles. The van der Waals surface area contributed by atoms with Crippen LogP contribution in [0.4, 0.5) is 4.79 Å². The maximum atomic E-state index is 11.6. The molecule has 0 radical (unpaired) electrons. The molecule has 19 heavy (non-hydrogen) atoms. The maximum Gasteiger partial charge on any atom is 0.315 e. The van der Waals surface area contributed by atoms with Gasteiger partial charge in [0.2, 0.25) is 0 Å². The fourth-order valence-electron chi connectivity index (χ4n) is 1.64. The highest BCUT2D eigenvalue weighted by Gasteiger charge is 2.13. The summed E-state index contributed by atoms with van der Waals surface area (Å²) in [4.78, 5) is 29.0. The molecule has 0 aliphatic carbocycles. The van der Waals surface area contributed by atoms with Crippen molar-refractivity contribution >= 4 is 12.0 Å². The van der Waals surface area contributed by atoms with Crippen LogP contribution in [0.5, 0.6) is 0 Å². The van der Waals surface area contributed by atoms with E-state index in [0.717, 1.165) is 12.2 Å². The zero-order valence-corrected chi connectivity index (χ0v) is 11.0. The van der Waals surface area contributed by atoms with Crippen molar-refractivity contribution in [3.05, 3.63) is 18.2 Å². The molecule has 0 spiro atoms. The van der Waals surface area contributed by atoms with Crippen molar-refractivity contribution in [3.8, 4) is 0 Å². The summed E-state index contributed by atoms with van der Waals surface area (Å²) in [7, 11) is 0. The van der Waals surface area contributed by atoms with E-state index < -0.39 is 5.97 Å². The molecule has 1 heterocycles. The summed E-state index contributed by atoms with van der Waals surface area (Å²) >= 11 is 0. The number of carboxylic acid groups (broad SMARTS) is 1. The fourth-order valence-corrected chi connectivity index (χ4v) is 1.64. The van der Waals surface area contributed by atoms with Gasteiger partial charge in [-0.2, -0.15) is 0 Å². The van der Waals surface area contributed by atoms with Gasteiger partial charge in [0.1, 0.15) is 5.82 Å². The lowest BCUT2D eigenvalue weighted by atomic mass is 10.2. The summed E-state index contributed by atoms with van der Waals surface area (Å²) in [5.41, 5.74) is 0. The van der Waals surface area contributed by atoms with Crippen LogP contribution in [-0.2, 0) is 4.79 Å². The molecule has 1 aromatic rings. The van der Waals surface area contributed by atoms with Gasteiger partial charge >= 0.3 is 12.0 Å². The van der Waals surface area contributed by atoms with Gasteiger partial charge in [0.15, 0.2) is 0 Å². The Bertz CT molecular complexity index is 392. The molecule has 1 aromatic heterocycles. The smallest absolute Gasteiger partial charge is 0.315 e. The molecule has 1 rings (SSSR count). The van der Waals surface area contributed by atoms with Crippen LogP contribution in [0.2, 0.25) is 0 Å². The first-order valence-corrected chi connectivity index (χ1v) is 6.39. The first kappa shape index (κ1) is 15.0. The van der Waals surface area contributed by atoms with Crippen LogP contribution in [0, 0.1) is 0 Å². The Labute approximate surface area is 111 Å². The molecule has 4 N–H and O–H groups in total. The highest BCUT2D eigenvalue weighted by atomic mass is 16.4. The van der Waals surface area contributed by atoms with Gasteiger partial charge in [0.25, 0.3) is 0 Å². The Balaban J connectivity index is 2.21. The molecule has 1 unspecified atom stereocenters. The van der Waals surface area contributed by atoms with Gasteiger partial charge < -0.3 is 20.7 Å². The van der Waals surface area contributed by atoms with Crippen LogP contribution in [-0.4, -0.2) is 33.6 Å². The molecule has 0 aliphatic heterocycles. The number of carbonyl (C=O) groups is 2. The molecule has 2 amide bonds. The Kier molecular flexibility index (Phi) is 6.42. The minimum atomic E-state index is -0.812. The van der Waals surface area contributed by atoms with Crippen molar-refractivity contribution in [3.63, 3.8) is 0 Å². The average Bonchev–Trinajstić information content (AvgIpc) is 2.88.